The minimum atomic E-state index is -4.02. The van der Waals surface area contributed by atoms with Crippen LogP contribution in [-0.2, 0) is 29.9 Å². The number of hydrogen-bond donors (Lipinski definition) is 3. The number of nitrogens with one attached hydrogen (secondary N) is 1. The lowest BCUT2D eigenvalue weighted by atomic mass is 10.00. The van der Waals surface area contributed by atoms with Crippen LogP contribution in [0.4, 0.5) is 5.95 Å². The first-order valence-electron chi connectivity index (χ1n) is 11.8. The summed E-state index contributed by atoms with van der Waals surface area (Å²) in [7, 11) is -4.02. The number of para-hydroxylation sites is 1. The van der Waals surface area contributed by atoms with Crippen molar-refractivity contribution in [1.29, 1.82) is 0 Å². The molecule has 0 radical (unpaired) electrons. The second-order valence-electron chi connectivity index (χ2n) is 9.06. The van der Waals surface area contributed by atoms with Crippen molar-refractivity contribution in [1.82, 2.24) is 19.5 Å². The minimum Gasteiger partial charge on any atom is -0.413 e. The Morgan fingerprint density at radius 3 is 2.66 bits per heavy atom. The highest BCUT2D eigenvalue weighted by Gasteiger charge is 2.64. The second kappa shape index (κ2) is 9.62. The Morgan fingerprint density at radius 1 is 1.16 bits per heavy atom. The molecular formula is C24H25N6O7P. The van der Waals surface area contributed by atoms with Crippen molar-refractivity contribution in [3.63, 3.8) is 0 Å². The van der Waals surface area contributed by atoms with E-state index in [-0.39, 0.29) is 36.9 Å². The van der Waals surface area contributed by atoms with Crippen molar-refractivity contribution in [2.24, 2.45) is 5.50 Å². The SMILES string of the molecule is Nc1nc2c(ncn2C2OC3(COP(N)(=O)Oc4ccccc4)CO[C@@H]2[C@@H]3OCc2ccccc2)c(=O)[nH]1. The van der Waals surface area contributed by atoms with E-state index in [0.29, 0.717) is 5.75 Å². The maximum absolute atomic E-state index is 13.0. The van der Waals surface area contributed by atoms with Crippen LogP contribution >= 0.6 is 7.75 Å². The summed E-state index contributed by atoms with van der Waals surface area (Å²) in [5.41, 5.74) is 11.3. The molecular weight excluding hydrogens is 515 g/mol. The van der Waals surface area contributed by atoms with E-state index in [1.807, 2.05) is 30.3 Å². The van der Waals surface area contributed by atoms with Crippen LogP contribution in [0.15, 0.2) is 71.8 Å². The molecule has 0 aliphatic carbocycles. The topological polar surface area (TPSA) is 179 Å². The predicted octanol–water partition coefficient (Wildman–Crippen LogP) is 2.12. The molecule has 2 bridgehead atoms. The fourth-order valence-electron chi connectivity index (χ4n) is 4.71. The average Bonchev–Trinajstić information content (AvgIpc) is 3.57. The number of imidazole rings is 1. The molecule has 5 N–H and O–H groups in total. The van der Waals surface area contributed by atoms with Gasteiger partial charge in [-0.1, -0.05) is 48.5 Å². The minimum absolute atomic E-state index is 0.0645. The average molecular weight is 540 g/mol. The van der Waals surface area contributed by atoms with Crippen molar-refractivity contribution in [3.8, 4) is 5.75 Å². The lowest BCUT2D eigenvalue weighted by Gasteiger charge is -2.32. The second-order valence-corrected chi connectivity index (χ2v) is 10.6. The molecule has 0 saturated carbocycles. The van der Waals surface area contributed by atoms with Crippen LogP contribution in [0, 0.1) is 0 Å². The molecule has 4 aromatic rings. The Kier molecular flexibility index (Phi) is 6.26. The summed E-state index contributed by atoms with van der Waals surface area (Å²) in [6.07, 6.45) is -0.648. The molecule has 3 unspecified atom stereocenters. The van der Waals surface area contributed by atoms with Gasteiger partial charge in [0, 0.05) is 0 Å². The van der Waals surface area contributed by atoms with E-state index in [4.69, 9.17) is 34.5 Å². The third kappa shape index (κ3) is 4.60. The van der Waals surface area contributed by atoms with E-state index in [1.54, 1.807) is 34.9 Å². The molecule has 2 aromatic heterocycles. The van der Waals surface area contributed by atoms with Crippen molar-refractivity contribution >= 4 is 24.9 Å². The quantitative estimate of drug-likeness (QED) is 0.265. The molecule has 198 valence electrons. The van der Waals surface area contributed by atoms with Crippen LogP contribution in [0.5, 0.6) is 5.75 Å². The third-order valence-corrected chi connectivity index (χ3v) is 7.39. The molecule has 13 nitrogen and oxygen atoms in total. The van der Waals surface area contributed by atoms with Gasteiger partial charge in [0.25, 0.3) is 5.56 Å². The van der Waals surface area contributed by atoms with Gasteiger partial charge >= 0.3 is 7.75 Å². The van der Waals surface area contributed by atoms with Crippen molar-refractivity contribution < 1.29 is 27.8 Å². The van der Waals surface area contributed by atoms with Gasteiger partial charge in [0.15, 0.2) is 17.4 Å². The molecule has 2 aliphatic rings. The van der Waals surface area contributed by atoms with Crippen molar-refractivity contribution in [2.45, 2.75) is 30.6 Å². The smallest absolute Gasteiger partial charge is 0.413 e. The first kappa shape index (κ1) is 24.7. The molecule has 2 aliphatic heterocycles. The summed E-state index contributed by atoms with van der Waals surface area (Å²) < 4.78 is 44.4. The summed E-state index contributed by atoms with van der Waals surface area (Å²) in [5, 5.41) is 0. The van der Waals surface area contributed by atoms with Crippen LogP contribution in [0.3, 0.4) is 0 Å². The number of fused-ring (bicyclic) bond motifs is 3. The van der Waals surface area contributed by atoms with Crippen molar-refractivity contribution in [2.75, 3.05) is 18.9 Å². The number of nitrogens with two attached hydrogens (primary N) is 2. The van der Waals surface area contributed by atoms with Crippen LogP contribution in [0.25, 0.3) is 11.2 Å². The molecule has 14 heteroatoms. The Morgan fingerprint density at radius 2 is 1.89 bits per heavy atom. The van der Waals surface area contributed by atoms with E-state index in [0.717, 1.165) is 5.56 Å². The highest BCUT2D eigenvalue weighted by molar-refractivity contribution is 7.51. The number of anilines is 1. The van der Waals surface area contributed by atoms with Crippen LogP contribution in [0.1, 0.15) is 11.8 Å². The zero-order valence-corrected chi connectivity index (χ0v) is 20.9. The van der Waals surface area contributed by atoms with E-state index < -0.39 is 37.3 Å². The highest BCUT2D eigenvalue weighted by Crippen LogP contribution is 2.50. The van der Waals surface area contributed by atoms with Gasteiger partial charge in [0.1, 0.15) is 23.6 Å². The van der Waals surface area contributed by atoms with E-state index in [1.165, 1.54) is 6.33 Å². The predicted molar refractivity (Wildman–Crippen MR) is 135 cm³/mol. The highest BCUT2D eigenvalue weighted by atomic mass is 31.2. The number of nitrogen functional groups attached to an aromatic ring is 1. The number of aromatic nitrogens is 4. The monoisotopic (exact) mass is 540 g/mol. The zero-order chi connectivity index (χ0) is 26.3. The number of rotatable bonds is 9. The van der Waals surface area contributed by atoms with Crippen LogP contribution < -0.4 is 21.3 Å². The number of aromatic amines is 1. The van der Waals surface area contributed by atoms with E-state index in [2.05, 4.69) is 15.0 Å². The van der Waals surface area contributed by atoms with Gasteiger partial charge in [0.05, 0.1) is 26.1 Å². The van der Waals surface area contributed by atoms with Crippen LogP contribution in [-0.4, -0.2) is 50.5 Å². The maximum atomic E-state index is 13.0. The van der Waals surface area contributed by atoms with Gasteiger partial charge in [-0.05, 0) is 17.7 Å². The lowest BCUT2D eigenvalue weighted by molar-refractivity contribution is -0.184. The molecule has 6 rings (SSSR count). The molecule has 0 amide bonds. The molecule has 4 heterocycles. The number of H-pyrrole nitrogens is 1. The Balaban J connectivity index is 1.29. The van der Waals surface area contributed by atoms with Crippen molar-refractivity contribution in [3.05, 3.63) is 82.9 Å². The number of nitrogens with zero attached hydrogens (tertiary/aromatic N) is 3. The zero-order valence-electron chi connectivity index (χ0n) is 20.0. The Bertz CT molecular complexity index is 1550. The fourth-order valence-corrected chi connectivity index (χ4v) is 5.58. The number of benzene rings is 2. The standard InChI is InChI=1S/C24H25N6O7P/c25-23-28-20-17(21(31)29-23)27-14-30(20)22-18-19(33-11-15-7-3-1-4-8-15)24(36-22,12-34-18)13-35-38(26,32)37-16-9-5-2-6-10-16/h1-10,14,18-19,22H,11-13H2,(H2,26,32)(H3,25,28,29,31)/t18-,19+,22?,24?,38?/m1/s1. The van der Waals surface area contributed by atoms with E-state index >= 15 is 0 Å². The van der Waals surface area contributed by atoms with Gasteiger partial charge in [0.2, 0.25) is 5.95 Å². The first-order valence-corrected chi connectivity index (χ1v) is 13.4. The Labute approximate surface area is 216 Å². The summed E-state index contributed by atoms with van der Waals surface area (Å²) in [4.78, 5) is 23.1. The lowest BCUT2D eigenvalue weighted by Crippen LogP contribution is -2.46. The summed E-state index contributed by atoms with van der Waals surface area (Å²) in [6.45, 7) is 0.101. The van der Waals surface area contributed by atoms with Gasteiger partial charge in [-0.3, -0.25) is 18.9 Å². The molecule has 0 spiro atoms. The summed E-state index contributed by atoms with van der Waals surface area (Å²) in [5.74, 6) is 0.239. The van der Waals surface area contributed by atoms with E-state index in [9.17, 15) is 9.36 Å². The summed E-state index contributed by atoms with van der Waals surface area (Å²) >= 11 is 0. The molecule has 38 heavy (non-hydrogen) atoms. The number of ether oxygens (including phenoxy) is 3. The van der Waals surface area contributed by atoms with Gasteiger partial charge in [-0.15, -0.1) is 0 Å². The largest absolute Gasteiger partial charge is 0.456 e. The van der Waals surface area contributed by atoms with Gasteiger partial charge in [-0.2, -0.15) is 4.98 Å². The summed E-state index contributed by atoms with van der Waals surface area (Å²) in [6, 6.07) is 18.1. The Hall–Kier alpha value is -3.58. The first-order chi connectivity index (χ1) is 18.3. The normalized spacial score (nSPS) is 26.0. The maximum Gasteiger partial charge on any atom is 0.456 e. The molecule has 2 aromatic carbocycles. The van der Waals surface area contributed by atoms with Crippen LogP contribution in [0.2, 0.25) is 0 Å². The molecule has 2 saturated heterocycles. The number of hydrogen-bond acceptors (Lipinski definition) is 10. The van der Waals surface area contributed by atoms with Gasteiger partial charge < -0.3 is 24.5 Å². The molecule has 5 atom stereocenters. The fraction of sp³-hybridized carbons (Fsp3) is 0.292. The molecule has 2 fully saturated rings. The third-order valence-electron chi connectivity index (χ3n) is 6.44. The van der Waals surface area contributed by atoms with Gasteiger partial charge in [-0.25, -0.2) is 15.1 Å².